The number of aliphatic hydroxyl groups excluding tert-OH is 1. The van der Waals surface area contributed by atoms with Crippen LogP contribution in [0.3, 0.4) is 0 Å². The van der Waals surface area contributed by atoms with Gasteiger partial charge in [-0.3, -0.25) is 0 Å². The van der Waals surface area contributed by atoms with Gasteiger partial charge in [-0.15, -0.1) is 0 Å². The Balaban J connectivity index is 3.79. The van der Waals surface area contributed by atoms with Crippen LogP contribution in [0.2, 0.25) is 0 Å². The van der Waals surface area contributed by atoms with E-state index in [9.17, 15) is 0 Å². The summed E-state index contributed by atoms with van der Waals surface area (Å²) in [4.78, 5) is 0. The maximum atomic E-state index is 8.54. The van der Waals surface area contributed by atoms with Gasteiger partial charge in [-0.05, 0) is 18.6 Å². The average Bonchev–Trinajstić information content (AvgIpc) is 1.87. The molecule has 0 amide bonds. The molecule has 9 heavy (non-hydrogen) atoms. The summed E-state index contributed by atoms with van der Waals surface area (Å²) in [5, 5.41) is 11.4. The summed E-state index contributed by atoms with van der Waals surface area (Å²) in [6, 6.07) is 0. The summed E-state index contributed by atoms with van der Waals surface area (Å²) >= 11 is 0. The van der Waals surface area contributed by atoms with Gasteiger partial charge < -0.3 is 10.4 Å². The first kappa shape index (κ1) is 8.24. The fourth-order valence-electron chi connectivity index (χ4n) is 0.415. The minimum absolute atomic E-state index is 0.0979. The van der Waals surface area contributed by atoms with E-state index in [1.807, 2.05) is 6.92 Å². The zero-order chi connectivity index (χ0) is 7.28. The number of rotatable bonds is 3. The Hall–Kier alpha value is -0.760. The molecule has 0 unspecified atom stereocenters. The summed E-state index contributed by atoms with van der Waals surface area (Å²) in [5.74, 6) is 0. The van der Waals surface area contributed by atoms with Crippen LogP contribution in [0.25, 0.3) is 0 Å². The highest BCUT2D eigenvalue weighted by Gasteiger charge is 1.84. The zero-order valence-corrected chi connectivity index (χ0v) is 5.94. The van der Waals surface area contributed by atoms with Crippen LogP contribution < -0.4 is 5.32 Å². The van der Waals surface area contributed by atoms with Crippen molar-refractivity contribution >= 4 is 0 Å². The van der Waals surface area contributed by atoms with Crippen molar-refractivity contribution in [3.63, 3.8) is 0 Å². The number of aliphatic hydroxyl groups is 1. The first-order valence-corrected chi connectivity index (χ1v) is 2.85. The summed E-state index contributed by atoms with van der Waals surface area (Å²) in [6.07, 6.45) is 1.81. The van der Waals surface area contributed by atoms with E-state index in [2.05, 4.69) is 11.9 Å². The normalized spacial score (nSPS) is 11.2. The molecule has 52 valence electrons. The van der Waals surface area contributed by atoms with Crippen LogP contribution in [-0.4, -0.2) is 18.8 Å². The maximum Gasteiger partial charge on any atom is 0.0642 e. The Bertz CT molecular complexity index is 127. The quantitative estimate of drug-likeness (QED) is 0.546. The number of hydrogen-bond donors (Lipinski definition) is 2. The largest absolute Gasteiger partial charge is 0.392 e. The third-order valence-corrected chi connectivity index (χ3v) is 0.991. The van der Waals surface area contributed by atoms with Crippen LogP contribution in [0.5, 0.6) is 0 Å². The fourth-order valence-corrected chi connectivity index (χ4v) is 0.415. The van der Waals surface area contributed by atoms with Gasteiger partial charge in [0.05, 0.1) is 6.61 Å². The third-order valence-electron chi connectivity index (χ3n) is 0.991. The molecule has 0 rings (SSSR count). The van der Waals surface area contributed by atoms with Crippen LogP contribution in [0, 0.1) is 0 Å². The Morgan fingerprint density at radius 3 is 2.67 bits per heavy atom. The van der Waals surface area contributed by atoms with Gasteiger partial charge in [0.15, 0.2) is 0 Å². The van der Waals surface area contributed by atoms with Gasteiger partial charge in [0.2, 0.25) is 0 Å². The second kappa shape index (κ2) is 4.15. The number of likely N-dealkylation sites (N-methyl/N-ethyl adjacent to an activating group) is 1. The van der Waals surface area contributed by atoms with E-state index >= 15 is 0 Å². The molecule has 0 atom stereocenters. The van der Waals surface area contributed by atoms with Gasteiger partial charge in [-0.25, -0.2) is 0 Å². The standard InChI is InChI=1S/C7H13NO/c1-6(5-9)4-7(2)8-3/h4,8-9H,2,5H2,1,3H3/b6-4+. The molecule has 0 fully saturated rings. The predicted octanol–water partition coefficient (Wildman–Crippen LogP) is 0.658. The molecule has 0 aliphatic rings. The highest BCUT2D eigenvalue weighted by atomic mass is 16.3. The van der Waals surface area contributed by atoms with E-state index in [4.69, 9.17) is 5.11 Å². The maximum absolute atomic E-state index is 8.54. The van der Waals surface area contributed by atoms with Crippen molar-refractivity contribution in [2.45, 2.75) is 6.92 Å². The molecule has 2 nitrogen and oxygen atoms in total. The molecule has 0 aromatic rings. The third kappa shape index (κ3) is 3.79. The van der Waals surface area contributed by atoms with Gasteiger partial charge in [-0.1, -0.05) is 6.58 Å². The first-order valence-electron chi connectivity index (χ1n) is 2.85. The van der Waals surface area contributed by atoms with E-state index in [0.717, 1.165) is 11.3 Å². The van der Waals surface area contributed by atoms with E-state index in [-0.39, 0.29) is 6.61 Å². The SMILES string of the molecule is C=C(/C=C(\C)CO)NC. The number of hydrogen-bond acceptors (Lipinski definition) is 2. The lowest BCUT2D eigenvalue weighted by Gasteiger charge is -1.97. The molecule has 0 heterocycles. The average molecular weight is 127 g/mol. The molecule has 0 radical (unpaired) electrons. The molecule has 0 aliphatic heterocycles. The van der Waals surface area contributed by atoms with Crippen molar-refractivity contribution < 1.29 is 5.11 Å². The Morgan fingerprint density at radius 1 is 1.78 bits per heavy atom. The lowest BCUT2D eigenvalue weighted by molar-refractivity contribution is 0.331. The van der Waals surface area contributed by atoms with Gasteiger partial charge in [0.1, 0.15) is 0 Å². The predicted molar refractivity (Wildman–Crippen MR) is 39.0 cm³/mol. The fraction of sp³-hybridized carbons (Fsp3) is 0.429. The minimum Gasteiger partial charge on any atom is -0.392 e. The van der Waals surface area contributed by atoms with E-state index in [1.165, 1.54) is 0 Å². The molecule has 0 saturated carbocycles. The van der Waals surface area contributed by atoms with Gasteiger partial charge in [0.25, 0.3) is 0 Å². The summed E-state index contributed by atoms with van der Waals surface area (Å²) in [7, 11) is 1.80. The van der Waals surface area contributed by atoms with E-state index < -0.39 is 0 Å². The summed E-state index contributed by atoms with van der Waals surface area (Å²) in [5.41, 5.74) is 1.73. The van der Waals surface area contributed by atoms with Crippen LogP contribution >= 0.6 is 0 Å². The summed E-state index contributed by atoms with van der Waals surface area (Å²) in [6.45, 7) is 5.61. The molecule has 0 aliphatic carbocycles. The van der Waals surface area contributed by atoms with Crippen molar-refractivity contribution in [2.24, 2.45) is 0 Å². The molecular weight excluding hydrogens is 114 g/mol. The van der Waals surface area contributed by atoms with Gasteiger partial charge in [-0.2, -0.15) is 0 Å². The molecular formula is C7H13NO. The zero-order valence-electron chi connectivity index (χ0n) is 5.94. The Labute approximate surface area is 55.9 Å². The molecule has 0 aromatic carbocycles. The van der Waals surface area contributed by atoms with E-state index in [0.29, 0.717) is 0 Å². The monoisotopic (exact) mass is 127 g/mol. The highest BCUT2D eigenvalue weighted by molar-refractivity contribution is 5.17. The van der Waals surface area contributed by atoms with Gasteiger partial charge >= 0.3 is 0 Å². The smallest absolute Gasteiger partial charge is 0.0642 e. The van der Waals surface area contributed by atoms with Crippen LogP contribution in [0.1, 0.15) is 6.92 Å². The van der Waals surface area contributed by atoms with Crippen molar-refractivity contribution in [1.29, 1.82) is 0 Å². The highest BCUT2D eigenvalue weighted by Crippen LogP contribution is 1.93. The Kier molecular flexibility index (Phi) is 3.80. The van der Waals surface area contributed by atoms with E-state index in [1.54, 1.807) is 13.1 Å². The van der Waals surface area contributed by atoms with Crippen LogP contribution in [0.15, 0.2) is 23.9 Å². The number of allylic oxidation sites excluding steroid dienone is 1. The van der Waals surface area contributed by atoms with Crippen molar-refractivity contribution in [3.8, 4) is 0 Å². The molecule has 0 saturated heterocycles. The lowest BCUT2D eigenvalue weighted by atomic mass is 10.3. The van der Waals surface area contributed by atoms with Crippen molar-refractivity contribution in [3.05, 3.63) is 23.9 Å². The first-order chi connectivity index (χ1) is 4.20. The molecule has 0 aromatic heterocycles. The molecule has 2 heteroatoms. The Morgan fingerprint density at radius 2 is 2.33 bits per heavy atom. The minimum atomic E-state index is 0.0979. The molecule has 0 spiro atoms. The summed E-state index contributed by atoms with van der Waals surface area (Å²) < 4.78 is 0. The van der Waals surface area contributed by atoms with Crippen molar-refractivity contribution in [2.75, 3.05) is 13.7 Å². The second-order valence-electron chi connectivity index (χ2n) is 1.92. The molecule has 2 N–H and O–H groups in total. The van der Waals surface area contributed by atoms with Crippen LogP contribution in [0.4, 0.5) is 0 Å². The molecule has 0 bridgehead atoms. The lowest BCUT2D eigenvalue weighted by Crippen LogP contribution is -2.02. The number of nitrogens with one attached hydrogen (secondary N) is 1. The second-order valence-corrected chi connectivity index (χ2v) is 1.92. The van der Waals surface area contributed by atoms with Gasteiger partial charge in [0, 0.05) is 12.7 Å². The van der Waals surface area contributed by atoms with Crippen LogP contribution in [-0.2, 0) is 0 Å². The van der Waals surface area contributed by atoms with Crippen molar-refractivity contribution in [1.82, 2.24) is 5.32 Å². The topological polar surface area (TPSA) is 32.3 Å².